The average Bonchev–Trinajstić information content (AvgIpc) is 2.92. The second-order valence-corrected chi connectivity index (χ2v) is 5.28. The lowest BCUT2D eigenvalue weighted by Crippen LogP contribution is -2.52. The first-order valence-corrected chi connectivity index (χ1v) is 7.18. The first-order chi connectivity index (χ1) is 9.20. The van der Waals surface area contributed by atoms with Crippen LogP contribution in [0.5, 0.6) is 0 Å². The largest absolute Gasteiger partial charge is 0.339 e. The second-order valence-electron chi connectivity index (χ2n) is 5.28. The number of nitrogens with two attached hydrogens (primary N) is 1. The van der Waals surface area contributed by atoms with Crippen molar-refractivity contribution in [1.29, 1.82) is 0 Å². The highest BCUT2D eigenvalue weighted by Crippen LogP contribution is 2.09. The number of hydrogen-bond acceptors (Lipinski definition) is 4. The van der Waals surface area contributed by atoms with Crippen LogP contribution in [0.2, 0.25) is 0 Å². The third-order valence-electron chi connectivity index (χ3n) is 3.90. The van der Waals surface area contributed by atoms with Gasteiger partial charge in [-0.25, -0.2) is 0 Å². The van der Waals surface area contributed by atoms with Crippen LogP contribution in [0.25, 0.3) is 0 Å². The van der Waals surface area contributed by atoms with Crippen molar-refractivity contribution in [3.05, 3.63) is 0 Å². The lowest BCUT2D eigenvalue weighted by molar-refractivity contribution is -0.140. The lowest BCUT2D eigenvalue weighted by atomic mass is 10.2. The van der Waals surface area contributed by atoms with Gasteiger partial charge >= 0.3 is 0 Å². The molecule has 0 aromatic carbocycles. The third kappa shape index (κ3) is 3.91. The normalized spacial score (nSPS) is 20.9. The molecule has 2 saturated heterocycles. The SMILES string of the molecule is NCCC(=O)N1CCN(C(=O)CN2CCCC2)CC1. The zero-order valence-corrected chi connectivity index (χ0v) is 11.5. The number of piperazine rings is 1. The maximum atomic E-state index is 12.1. The molecule has 2 N–H and O–H groups in total. The molecule has 19 heavy (non-hydrogen) atoms. The third-order valence-corrected chi connectivity index (χ3v) is 3.90. The first-order valence-electron chi connectivity index (χ1n) is 7.18. The predicted octanol–water partition coefficient (Wildman–Crippen LogP) is -0.898. The zero-order chi connectivity index (χ0) is 13.7. The summed E-state index contributed by atoms with van der Waals surface area (Å²) in [7, 11) is 0. The molecule has 0 spiro atoms. The van der Waals surface area contributed by atoms with Crippen LogP contribution in [0.3, 0.4) is 0 Å². The van der Waals surface area contributed by atoms with Crippen molar-refractivity contribution in [1.82, 2.24) is 14.7 Å². The van der Waals surface area contributed by atoms with Crippen molar-refractivity contribution < 1.29 is 9.59 Å². The van der Waals surface area contributed by atoms with Gasteiger partial charge in [0.25, 0.3) is 0 Å². The monoisotopic (exact) mass is 268 g/mol. The quantitative estimate of drug-likeness (QED) is 0.717. The van der Waals surface area contributed by atoms with E-state index in [4.69, 9.17) is 5.73 Å². The molecule has 0 aliphatic carbocycles. The zero-order valence-electron chi connectivity index (χ0n) is 11.5. The molecule has 2 amide bonds. The molecule has 2 aliphatic heterocycles. The van der Waals surface area contributed by atoms with Gasteiger partial charge in [-0.2, -0.15) is 0 Å². The average molecular weight is 268 g/mol. The van der Waals surface area contributed by atoms with E-state index in [0.29, 0.717) is 45.7 Å². The van der Waals surface area contributed by atoms with Crippen molar-refractivity contribution in [3.63, 3.8) is 0 Å². The molecule has 0 aromatic rings. The van der Waals surface area contributed by atoms with Gasteiger partial charge in [0.1, 0.15) is 0 Å². The maximum absolute atomic E-state index is 12.1. The highest BCUT2D eigenvalue weighted by molar-refractivity contribution is 5.79. The Labute approximate surface area is 114 Å². The molecule has 2 rings (SSSR count). The van der Waals surface area contributed by atoms with Gasteiger partial charge in [-0.1, -0.05) is 0 Å². The molecule has 108 valence electrons. The number of likely N-dealkylation sites (tertiary alicyclic amines) is 1. The summed E-state index contributed by atoms with van der Waals surface area (Å²) in [5, 5.41) is 0. The lowest BCUT2D eigenvalue weighted by Gasteiger charge is -2.35. The van der Waals surface area contributed by atoms with Crippen LogP contribution in [-0.4, -0.2) is 78.9 Å². The van der Waals surface area contributed by atoms with E-state index < -0.39 is 0 Å². The van der Waals surface area contributed by atoms with Crippen LogP contribution in [0.15, 0.2) is 0 Å². The molecular formula is C13H24N4O2. The molecule has 0 bridgehead atoms. The molecule has 0 aromatic heterocycles. The highest BCUT2D eigenvalue weighted by Gasteiger charge is 2.25. The fraction of sp³-hybridized carbons (Fsp3) is 0.846. The summed E-state index contributed by atoms with van der Waals surface area (Å²) in [6, 6.07) is 0. The van der Waals surface area contributed by atoms with Gasteiger partial charge in [-0.15, -0.1) is 0 Å². The van der Waals surface area contributed by atoms with Crippen LogP contribution in [0.1, 0.15) is 19.3 Å². The minimum atomic E-state index is 0.106. The van der Waals surface area contributed by atoms with Gasteiger partial charge in [-0.05, 0) is 25.9 Å². The Kier molecular flexibility index (Phi) is 5.15. The number of carbonyl (C=O) groups is 2. The van der Waals surface area contributed by atoms with Crippen molar-refractivity contribution in [2.45, 2.75) is 19.3 Å². The van der Waals surface area contributed by atoms with Crippen molar-refractivity contribution >= 4 is 11.8 Å². The van der Waals surface area contributed by atoms with Crippen LogP contribution in [0.4, 0.5) is 0 Å². The molecule has 0 radical (unpaired) electrons. The van der Waals surface area contributed by atoms with Gasteiger partial charge in [0.05, 0.1) is 6.54 Å². The van der Waals surface area contributed by atoms with E-state index in [0.717, 1.165) is 13.1 Å². The summed E-state index contributed by atoms with van der Waals surface area (Å²) >= 11 is 0. The minimum absolute atomic E-state index is 0.106. The van der Waals surface area contributed by atoms with Crippen LogP contribution in [0, 0.1) is 0 Å². The van der Waals surface area contributed by atoms with E-state index in [1.807, 2.05) is 9.80 Å². The van der Waals surface area contributed by atoms with Gasteiger partial charge in [0, 0.05) is 39.1 Å². The molecule has 2 heterocycles. The Bertz CT molecular complexity index is 321. The topological polar surface area (TPSA) is 69.9 Å². The summed E-state index contributed by atoms with van der Waals surface area (Å²) < 4.78 is 0. The van der Waals surface area contributed by atoms with Gasteiger partial charge in [-0.3, -0.25) is 14.5 Å². The number of carbonyl (C=O) groups excluding carboxylic acids is 2. The van der Waals surface area contributed by atoms with Crippen LogP contribution >= 0.6 is 0 Å². The number of amides is 2. The van der Waals surface area contributed by atoms with E-state index in [1.165, 1.54) is 12.8 Å². The minimum Gasteiger partial charge on any atom is -0.339 e. The smallest absolute Gasteiger partial charge is 0.236 e. The molecule has 0 unspecified atom stereocenters. The number of hydrogen-bond donors (Lipinski definition) is 1. The summed E-state index contributed by atoms with van der Waals surface area (Å²) in [5.74, 6) is 0.307. The predicted molar refractivity (Wildman–Crippen MR) is 72.5 cm³/mol. The molecular weight excluding hydrogens is 244 g/mol. The van der Waals surface area contributed by atoms with Crippen molar-refractivity contribution in [2.75, 3.05) is 52.4 Å². The standard InChI is InChI=1S/C13H24N4O2/c14-4-3-12(18)16-7-9-17(10-8-16)13(19)11-15-5-1-2-6-15/h1-11,14H2. The molecule has 6 heteroatoms. The Hall–Kier alpha value is -1.14. The summed E-state index contributed by atoms with van der Waals surface area (Å²) in [6.07, 6.45) is 2.81. The Morgan fingerprint density at radius 1 is 0.842 bits per heavy atom. The van der Waals surface area contributed by atoms with Crippen LogP contribution in [-0.2, 0) is 9.59 Å². The number of nitrogens with zero attached hydrogens (tertiary/aromatic N) is 3. The number of rotatable bonds is 4. The molecule has 0 atom stereocenters. The highest BCUT2D eigenvalue weighted by atomic mass is 16.2. The van der Waals surface area contributed by atoms with E-state index >= 15 is 0 Å². The van der Waals surface area contributed by atoms with Gasteiger partial charge in [0.15, 0.2) is 0 Å². The molecule has 2 fully saturated rings. The van der Waals surface area contributed by atoms with Gasteiger partial charge < -0.3 is 15.5 Å². The summed E-state index contributed by atoms with van der Waals surface area (Å²) in [5.41, 5.74) is 5.39. The summed E-state index contributed by atoms with van der Waals surface area (Å²) in [4.78, 5) is 29.7. The fourth-order valence-electron chi connectivity index (χ4n) is 2.72. The Morgan fingerprint density at radius 3 is 1.89 bits per heavy atom. The Morgan fingerprint density at radius 2 is 1.37 bits per heavy atom. The second kappa shape index (κ2) is 6.86. The molecule has 6 nitrogen and oxygen atoms in total. The maximum Gasteiger partial charge on any atom is 0.236 e. The van der Waals surface area contributed by atoms with E-state index in [-0.39, 0.29) is 11.8 Å². The fourth-order valence-corrected chi connectivity index (χ4v) is 2.72. The molecule has 2 aliphatic rings. The summed E-state index contributed by atoms with van der Waals surface area (Å²) in [6.45, 7) is 5.62. The van der Waals surface area contributed by atoms with E-state index in [2.05, 4.69) is 4.90 Å². The molecule has 0 saturated carbocycles. The first kappa shape index (κ1) is 14.3. The van der Waals surface area contributed by atoms with Crippen molar-refractivity contribution in [2.24, 2.45) is 5.73 Å². The van der Waals surface area contributed by atoms with Gasteiger partial charge in [0.2, 0.25) is 11.8 Å². The Balaban J connectivity index is 1.72. The van der Waals surface area contributed by atoms with Crippen molar-refractivity contribution in [3.8, 4) is 0 Å². The van der Waals surface area contributed by atoms with E-state index in [9.17, 15) is 9.59 Å². The van der Waals surface area contributed by atoms with Crippen LogP contribution < -0.4 is 5.73 Å². The van der Waals surface area contributed by atoms with E-state index in [1.54, 1.807) is 0 Å².